The summed E-state index contributed by atoms with van der Waals surface area (Å²) in [6.45, 7) is 2.12. The van der Waals surface area contributed by atoms with Crippen molar-refractivity contribution in [3.63, 3.8) is 0 Å². The molecule has 0 bridgehead atoms. The zero-order valence-corrected chi connectivity index (χ0v) is 13.9. The van der Waals surface area contributed by atoms with E-state index in [1.54, 1.807) is 36.4 Å². The van der Waals surface area contributed by atoms with Gasteiger partial charge in [-0.1, -0.05) is 65.2 Å². The number of carbonyl (C=O) groups is 2. The number of hydrogen-bond acceptors (Lipinski definition) is 2. The molecule has 0 atom stereocenters. The summed E-state index contributed by atoms with van der Waals surface area (Å²) in [7, 11) is 0. The zero-order valence-electron chi connectivity index (χ0n) is 12.3. The fraction of sp³-hybridized carbons (Fsp3) is 0.111. The van der Waals surface area contributed by atoms with E-state index >= 15 is 0 Å². The number of carbonyl (C=O) groups excluding carboxylic acids is 2. The molecule has 2 aromatic carbocycles. The second-order valence-corrected chi connectivity index (χ2v) is 6.19. The van der Waals surface area contributed by atoms with Crippen LogP contribution in [0.3, 0.4) is 0 Å². The van der Waals surface area contributed by atoms with Gasteiger partial charge in [0.15, 0.2) is 0 Å². The van der Waals surface area contributed by atoms with Crippen LogP contribution in [0.2, 0.25) is 5.02 Å². The molecule has 2 amide bonds. The molecule has 0 aliphatic carbocycles. The fourth-order valence-corrected chi connectivity index (χ4v) is 2.85. The molecular formula is C18H13Cl2NO2. The summed E-state index contributed by atoms with van der Waals surface area (Å²) in [5.41, 5.74) is 2.79. The molecule has 23 heavy (non-hydrogen) atoms. The smallest absolute Gasteiger partial charge is 0.269 e. The Kier molecular flexibility index (Phi) is 4.24. The predicted octanol–water partition coefficient (Wildman–Crippen LogP) is 4.17. The number of aryl methyl sites for hydroxylation is 1. The van der Waals surface area contributed by atoms with Gasteiger partial charge in [0.05, 0.1) is 12.1 Å². The molecule has 0 saturated carbocycles. The Morgan fingerprint density at radius 2 is 1.48 bits per heavy atom. The van der Waals surface area contributed by atoms with E-state index in [1.165, 1.54) is 0 Å². The maximum atomic E-state index is 12.6. The van der Waals surface area contributed by atoms with Crippen LogP contribution in [0.25, 0.3) is 5.57 Å². The van der Waals surface area contributed by atoms with Crippen molar-refractivity contribution in [3.8, 4) is 0 Å². The Hall–Kier alpha value is -2.10. The Morgan fingerprint density at radius 3 is 2.09 bits per heavy atom. The van der Waals surface area contributed by atoms with Crippen molar-refractivity contribution >= 4 is 40.6 Å². The first-order valence-corrected chi connectivity index (χ1v) is 7.80. The first-order chi connectivity index (χ1) is 11.0. The molecule has 1 aliphatic rings. The van der Waals surface area contributed by atoms with Crippen molar-refractivity contribution in [1.29, 1.82) is 0 Å². The highest BCUT2D eigenvalue weighted by molar-refractivity contribution is 6.55. The summed E-state index contributed by atoms with van der Waals surface area (Å²) in [4.78, 5) is 26.1. The number of benzene rings is 2. The third kappa shape index (κ3) is 3.03. The zero-order chi connectivity index (χ0) is 16.6. The van der Waals surface area contributed by atoms with Gasteiger partial charge in [-0.15, -0.1) is 0 Å². The molecule has 2 aromatic rings. The van der Waals surface area contributed by atoms with Crippen LogP contribution in [0, 0.1) is 6.92 Å². The maximum Gasteiger partial charge on any atom is 0.273 e. The van der Waals surface area contributed by atoms with E-state index in [2.05, 4.69) is 0 Å². The molecule has 5 heteroatoms. The summed E-state index contributed by atoms with van der Waals surface area (Å²) in [6, 6.07) is 14.4. The van der Waals surface area contributed by atoms with Crippen molar-refractivity contribution in [1.82, 2.24) is 4.90 Å². The van der Waals surface area contributed by atoms with E-state index in [0.29, 0.717) is 10.6 Å². The topological polar surface area (TPSA) is 37.4 Å². The number of amides is 2. The predicted molar refractivity (Wildman–Crippen MR) is 91.0 cm³/mol. The average Bonchev–Trinajstić information content (AvgIpc) is 2.74. The molecule has 0 unspecified atom stereocenters. The number of rotatable bonds is 3. The van der Waals surface area contributed by atoms with E-state index in [4.69, 9.17) is 23.2 Å². The minimum Gasteiger partial charge on any atom is -0.269 e. The van der Waals surface area contributed by atoms with Crippen LogP contribution in [-0.2, 0) is 16.1 Å². The van der Waals surface area contributed by atoms with Crippen LogP contribution in [0.4, 0.5) is 0 Å². The van der Waals surface area contributed by atoms with Crippen LogP contribution in [-0.4, -0.2) is 16.7 Å². The fourth-order valence-electron chi connectivity index (χ4n) is 2.43. The second-order valence-electron chi connectivity index (χ2n) is 5.38. The highest BCUT2D eigenvalue weighted by Crippen LogP contribution is 2.32. The molecule has 0 radical (unpaired) electrons. The normalized spacial score (nSPS) is 14.8. The molecule has 1 aliphatic heterocycles. The van der Waals surface area contributed by atoms with Crippen molar-refractivity contribution in [2.24, 2.45) is 0 Å². The van der Waals surface area contributed by atoms with Crippen LogP contribution in [0.5, 0.6) is 0 Å². The third-order valence-corrected chi connectivity index (χ3v) is 4.31. The van der Waals surface area contributed by atoms with Gasteiger partial charge in [-0.3, -0.25) is 14.5 Å². The maximum absolute atomic E-state index is 12.6. The highest BCUT2D eigenvalue weighted by atomic mass is 35.5. The van der Waals surface area contributed by atoms with Crippen molar-refractivity contribution in [3.05, 3.63) is 75.3 Å². The van der Waals surface area contributed by atoms with Gasteiger partial charge >= 0.3 is 0 Å². The quantitative estimate of drug-likeness (QED) is 0.783. The standard InChI is InChI=1S/C18H13Cl2NO2/c1-11-2-6-13(7-3-11)15-16(20)18(23)21(17(15)22)10-12-4-8-14(19)9-5-12/h2-9H,10H2,1H3. The molecule has 1 heterocycles. The lowest BCUT2D eigenvalue weighted by Crippen LogP contribution is -2.30. The van der Waals surface area contributed by atoms with E-state index in [0.717, 1.165) is 16.0 Å². The SMILES string of the molecule is Cc1ccc(C2=C(Cl)C(=O)N(Cc3ccc(Cl)cc3)C2=O)cc1. The van der Waals surface area contributed by atoms with E-state index < -0.39 is 5.91 Å². The van der Waals surface area contributed by atoms with Gasteiger partial charge in [-0.05, 0) is 30.2 Å². The molecule has 3 nitrogen and oxygen atoms in total. The first-order valence-electron chi connectivity index (χ1n) is 7.05. The third-order valence-electron chi connectivity index (χ3n) is 3.71. The van der Waals surface area contributed by atoms with Crippen LogP contribution in [0.15, 0.2) is 53.6 Å². The number of halogens is 2. The van der Waals surface area contributed by atoms with E-state index in [-0.39, 0.29) is 23.1 Å². The number of nitrogens with zero attached hydrogens (tertiary/aromatic N) is 1. The Balaban J connectivity index is 1.89. The molecular weight excluding hydrogens is 333 g/mol. The van der Waals surface area contributed by atoms with Gasteiger partial charge in [-0.25, -0.2) is 0 Å². The van der Waals surface area contributed by atoms with Gasteiger partial charge in [-0.2, -0.15) is 0 Å². The van der Waals surface area contributed by atoms with Crippen LogP contribution < -0.4 is 0 Å². The van der Waals surface area contributed by atoms with Crippen molar-refractivity contribution < 1.29 is 9.59 Å². The number of imide groups is 1. The lowest BCUT2D eigenvalue weighted by Gasteiger charge is -2.15. The van der Waals surface area contributed by atoms with Crippen LogP contribution >= 0.6 is 23.2 Å². The highest BCUT2D eigenvalue weighted by Gasteiger charge is 2.37. The van der Waals surface area contributed by atoms with E-state index in [9.17, 15) is 9.59 Å². The average molecular weight is 346 g/mol. The monoisotopic (exact) mass is 345 g/mol. The summed E-state index contributed by atoms with van der Waals surface area (Å²) in [6.07, 6.45) is 0. The van der Waals surface area contributed by atoms with Crippen LogP contribution in [0.1, 0.15) is 16.7 Å². The molecule has 0 N–H and O–H groups in total. The Morgan fingerprint density at radius 1 is 0.870 bits per heavy atom. The molecule has 0 saturated heterocycles. The van der Waals surface area contributed by atoms with Crippen molar-refractivity contribution in [2.45, 2.75) is 13.5 Å². The minimum absolute atomic E-state index is 0.0344. The lowest BCUT2D eigenvalue weighted by atomic mass is 10.0. The van der Waals surface area contributed by atoms with Gasteiger partial charge in [0, 0.05) is 5.02 Å². The minimum atomic E-state index is -0.470. The lowest BCUT2D eigenvalue weighted by molar-refractivity contribution is -0.137. The molecule has 0 spiro atoms. The largest absolute Gasteiger partial charge is 0.273 e. The second kappa shape index (κ2) is 6.19. The molecule has 0 fully saturated rings. The first kappa shape index (κ1) is 15.8. The Labute approximate surface area is 144 Å². The Bertz CT molecular complexity index is 808. The summed E-state index contributed by atoms with van der Waals surface area (Å²) >= 11 is 12.0. The summed E-state index contributed by atoms with van der Waals surface area (Å²) in [5.74, 6) is -0.846. The van der Waals surface area contributed by atoms with Gasteiger partial charge < -0.3 is 0 Å². The molecule has 0 aromatic heterocycles. The number of hydrogen-bond donors (Lipinski definition) is 0. The molecule has 3 rings (SSSR count). The summed E-state index contributed by atoms with van der Waals surface area (Å²) < 4.78 is 0. The van der Waals surface area contributed by atoms with Gasteiger partial charge in [0.1, 0.15) is 5.03 Å². The van der Waals surface area contributed by atoms with E-state index in [1.807, 2.05) is 19.1 Å². The summed E-state index contributed by atoms with van der Waals surface area (Å²) in [5, 5.41) is 0.567. The van der Waals surface area contributed by atoms with Gasteiger partial charge in [0.2, 0.25) is 0 Å². The molecule has 116 valence electrons. The van der Waals surface area contributed by atoms with Crippen molar-refractivity contribution in [2.75, 3.05) is 0 Å². The van der Waals surface area contributed by atoms with Gasteiger partial charge in [0.25, 0.3) is 11.8 Å².